The molecular weight excluding hydrogens is 481 g/mol. The van der Waals surface area contributed by atoms with E-state index < -0.39 is 3.77 Å². The van der Waals surface area contributed by atoms with Crippen LogP contribution in [0.25, 0.3) is 11.0 Å². The van der Waals surface area contributed by atoms with Crippen molar-refractivity contribution in [1.29, 1.82) is 0 Å². The summed E-state index contributed by atoms with van der Waals surface area (Å²) in [5.41, 5.74) is 3.07. The molecule has 0 saturated carbocycles. The first-order valence-corrected chi connectivity index (χ1v) is 12.7. The second-order valence-corrected chi connectivity index (χ2v) is 11.6. The number of methoxy groups -OCH3 is 1. The molecule has 1 heterocycles. The van der Waals surface area contributed by atoms with Crippen LogP contribution in [0.4, 0.5) is 0 Å². The van der Waals surface area contributed by atoms with E-state index in [0.717, 1.165) is 22.3 Å². The van der Waals surface area contributed by atoms with Crippen LogP contribution in [0.2, 0.25) is 0 Å². The molecule has 5 rings (SSSR count). The number of para-hydroxylation sites is 1. The molecule has 0 bridgehead atoms. The number of benzene rings is 4. The summed E-state index contributed by atoms with van der Waals surface area (Å²) >= 11 is 1.80. The van der Waals surface area contributed by atoms with Crippen molar-refractivity contribution in [1.82, 2.24) is 15.0 Å². The number of hydrogen-bond acceptors (Lipinski definition) is 4. The van der Waals surface area contributed by atoms with Crippen LogP contribution in [-0.4, -0.2) is 37.1 Å². The maximum atomic E-state index is 5.44. The van der Waals surface area contributed by atoms with Crippen LogP contribution in [-0.2, 0) is 3.77 Å². The summed E-state index contributed by atoms with van der Waals surface area (Å²) in [7, 11) is 1.69. The van der Waals surface area contributed by atoms with Crippen LogP contribution >= 0.6 is 11.8 Å². The molecule has 0 spiro atoms. The Morgan fingerprint density at radius 1 is 0.781 bits per heavy atom. The number of ether oxygens (including phenoxy) is 1. The Morgan fingerprint density at radius 2 is 1.44 bits per heavy atom. The molecule has 0 fully saturated rings. The second kappa shape index (κ2) is 9.21. The maximum absolute atomic E-state index is 5.44. The van der Waals surface area contributed by atoms with Crippen molar-refractivity contribution in [2.45, 2.75) is 8.66 Å². The average molecular weight is 503 g/mol. The van der Waals surface area contributed by atoms with Crippen LogP contribution < -0.4 is 9.20 Å². The van der Waals surface area contributed by atoms with Crippen molar-refractivity contribution in [2.24, 2.45) is 0 Å². The third-order valence-electron chi connectivity index (χ3n) is 5.08. The fourth-order valence-corrected chi connectivity index (χ4v) is 8.31. The summed E-state index contributed by atoms with van der Waals surface area (Å²) in [4.78, 5) is 1.18. The van der Waals surface area contributed by atoms with E-state index in [2.05, 4.69) is 82.6 Å². The first-order chi connectivity index (χ1) is 15.8. The number of thioether (sulfide) groups is 1. The van der Waals surface area contributed by atoms with Gasteiger partial charge in [0.2, 0.25) is 0 Å². The van der Waals surface area contributed by atoms with E-state index in [1.165, 1.54) is 9.36 Å². The van der Waals surface area contributed by atoms with Gasteiger partial charge in [-0.2, -0.15) is 0 Å². The Morgan fingerprint density at radius 3 is 2.16 bits per heavy atom. The van der Waals surface area contributed by atoms with Gasteiger partial charge in [-0.1, -0.05) is 0 Å². The van der Waals surface area contributed by atoms with Crippen molar-refractivity contribution in [2.75, 3.05) is 7.11 Å². The third kappa shape index (κ3) is 4.05. The van der Waals surface area contributed by atoms with E-state index in [-0.39, 0.29) is 15.0 Å². The standard InChI is InChI=1S/C26H21N3OSSe/c1-30-21-18-16-20(17-19-21)26(31-22-10-4-2-5-11-22,32-23-12-6-3-7-13-23)29-25-15-9-8-14-24(25)27-28-29/h2-19H,1H3. The van der Waals surface area contributed by atoms with Gasteiger partial charge in [-0.25, -0.2) is 0 Å². The summed E-state index contributed by atoms with van der Waals surface area (Å²) in [6.07, 6.45) is 0. The minimum atomic E-state index is -0.488. The summed E-state index contributed by atoms with van der Waals surface area (Å²) in [6, 6.07) is 37.7. The fraction of sp³-hybridized carbons (Fsp3) is 0.0769. The van der Waals surface area contributed by atoms with Gasteiger partial charge < -0.3 is 0 Å². The Hall–Kier alpha value is -3.05. The molecule has 0 radical (unpaired) electrons. The van der Waals surface area contributed by atoms with Crippen molar-refractivity contribution >= 4 is 42.2 Å². The quantitative estimate of drug-likeness (QED) is 0.234. The van der Waals surface area contributed by atoms with Crippen LogP contribution in [0.1, 0.15) is 5.56 Å². The van der Waals surface area contributed by atoms with Crippen molar-refractivity contribution in [3.8, 4) is 5.75 Å². The molecule has 0 saturated heterocycles. The Balaban J connectivity index is 1.77. The Kier molecular flexibility index (Phi) is 5.99. The zero-order valence-electron chi connectivity index (χ0n) is 17.5. The van der Waals surface area contributed by atoms with E-state index in [0.29, 0.717) is 0 Å². The summed E-state index contributed by atoms with van der Waals surface area (Å²) < 4.78 is 8.35. The molecule has 32 heavy (non-hydrogen) atoms. The molecule has 0 amide bonds. The minimum absolute atomic E-state index is 0.0141. The van der Waals surface area contributed by atoms with Crippen molar-refractivity contribution in [3.05, 3.63) is 115 Å². The molecule has 5 aromatic rings. The predicted molar refractivity (Wildman–Crippen MR) is 132 cm³/mol. The average Bonchev–Trinajstić information content (AvgIpc) is 3.30. The molecule has 0 aliphatic heterocycles. The molecule has 6 heteroatoms. The van der Waals surface area contributed by atoms with Gasteiger partial charge in [0.25, 0.3) is 0 Å². The fourth-order valence-electron chi connectivity index (χ4n) is 3.53. The monoisotopic (exact) mass is 503 g/mol. The number of aromatic nitrogens is 3. The van der Waals surface area contributed by atoms with Crippen LogP contribution in [0.15, 0.2) is 114 Å². The van der Waals surface area contributed by atoms with Crippen molar-refractivity contribution < 1.29 is 4.74 Å². The molecule has 1 aromatic heterocycles. The molecular formula is C26H21N3OSSe. The predicted octanol–water partition coefficient (Wildman–Crippen LogP) is 4.92. The number of hydrogen-bond donors (Lipinski definition) is 0. The first kappa shape index (κ1) is 20.8. The SMILES string of the molecule is COc1ccc(C(Sc2ccccc2)([Se]c2ccccc2)n2nnc3ccccc32)cc1. The van der Waals surface area contributed by atoms with Gasteiger partial charge in [0.05, 0.1) is 0 Å². The normalized spacial score (nSPS) is 13.0. The zero-order chi connectivity index (χ0) is 21.8. The Labute approximate surface area is 197 Å². The van der Waals surface area contributed by atoms with E-state index >= 15 is 0 Å². The van der Waals surface area contributed by atoms with Gasteiger partial charge in [0.1, 0.15) is 0 Å². The van der Waals surface area contributed by atoms with E-state index in [4.69, 9.17) is 9.95 Å². The van der Waals surface area contributed by atoms with Crippen LogP contribution in [0.3, 0.4) is 0 Å². The van der Waals surface area contributed by atoms with Crippen LogP contribution in [0.5, 0.6) is 5.75 Å². The van der Waals surface area contributed by atoms with Crippen molar-refractivity contribution in [3.63, 3.8) is 0 Å². The number of fused-ring (bicyclic) bond motifs is 1. The molecule has 0 aliphatic rings. The molecule has 158 valence electrons. The van der Waals surface area contributed by atoms with Gasteiger partial charge in [0.15, 0.2) is 0 Å². The Bertz CT molecular complexity index is 1270. The first-order valence-electron chi connectivity index (χ1n) is 10.2. The second-order valence-electron chi connectivity index (χ2n) is 7.13. The van der Waals surface area contributed by atoms with Gasteiger partial charge in [-0.15, -0.1) is 0 Å². The summed E-state index contributed by atoms with van der Waals surface area (Å²) in [5, 5.41) is 9.22. The van der Waals surface area contributed by atoms with Gasteiger partial charge >= 0.3 is 198 Å². The van der Waals surface area contributed by atoms with E-state index in [1.54, 1.807) is 7.11 Å². The van der Waals surface area contributed by atoms with E-state index in [1.807, 2.05) is 48.2 Å². The molecule has 4 nitrogen and oxygen atoms in total. The molecule has 4 aromatic carbocycles. The molecule has 1 unspecified atom stereocenters. The molecule has 1 atom stereocenters. The van der Waals surface area contributed by atoms with Gasteiger partial charge in [0, 0.05) is 0 Å². The zero-order valence-corrected chi connectivity index (χ0v) is 20.0. The van der Waals surface area contributed by atoms with Gasteiger partial charge in [-0.05, 0) is 0 Å². The topological polar surface area (TPSA) is 39.9 Å². The summed E-state index contributed by atoms with van der Waals surface area (Å²) in [6.45, 7) is 0. The number of rotatable bonds is 7. The molecule has 0 aliphatic carbocycles. The number of nitrogens with zero attached hydrogens (tertiary/aromatic N) is 3. The molecule has 0 N–H and O–H groups in total. The van der Waals surface area contributed by atoms with Crippen LogP contribution in [0, 0.1) is 0 Å². The van der Waals surface area contributed by atoms with Gasteiger partial charge in [-0.3, -0.25) is 0 Å². The third-order valence-corrected chi connectivity index (χ3v) is 9.74. The van der Waals surface area contributed by atoms with E-state index in [9.17, 15) is 0 Å². The summed E-state index contributed by atoms with van der Waals surface area (Å²) in [5.74, 6) is 0.836.